The predicted octanol–water partition coefficient (Wildman–Crippen LogP) is 0.746. The normalized spacial score (nSPS) is 14.7. The van der Waals surface area contributed by atoms with E-state index in [2.05, 4.69) is 4.98 Å². The van der Waals surface area contributed by atoms with Crippen LogP contribution in [-0.2, 0) is 0 Å². The third kappa shape index (κ3) is 0.614. The number of hydrogen-bond donors (Lipinski definition) is 0. The monoisotopic (exact) mass is 122 g/mol. The molecule has 0 amide bonds. The lowest BCUT2D eigenvalue weighted by molar-refractivity contribution is 0.322. The third-order valence-corrected chi connectivity index (χ3v) is 1.21. The number of rotatable bonds is 0. The van der Waals surface area contributed by atoms with E-state index in [-0.39, 0.29) is 0 Å². The Bertz CT molecular complexity index is 239. The molecule has 46 valence electrons. The maximum Gasteiger partial charge on any atom is 0.300 e. The van der Waals surface area contributed by atoms with Gasteiger partial charge in [0.2, 0.25) is 0 Å². The topological polar surface area (TPSA) is 27.1 Å². The molecule has 0 unspecified atom stereocenters. The van der Waals surface area contributed by atoms with Crippen LogP contribution in [0.1, 0.15) is 0 Å². The highest BCUT2D eigenvalue weighted by Gasteiger charge is 2.02. The van der Waals surface area contributed by atoms with E-state index in [1.807, 2.05) is 23.0 Å². The molecular formula is C6H6N2O. The molecule has 9 heavy (non-hydrogen) atoms. The SMILES string of the molecule is C1=Cn2ccnc2OC1. The molecule has 1 aliphatic rings. The number of ether oxygens (including phenoxy) is 1. The van der Waals surface area contributed by atoms with Gasteiger partial charge in [-0.25, -0.2) is 4.98 Å². The summed E-state index contributed by atoms with van der Waals surface area (Å²) in [5.41, 5.74) is 0. The summed E-state index contributed by atoms with van der Waals surface area (Å²) in [5.74, 6) is 0. The summed E-state index contributed by atoms with van der Waals surface area (Å²) in [6, 6.07) is 0.678. The smallest absolute Gasteiger partial charge is 0.300 e. The summed E-state index contributed by atoms with van der Waals surface area (Å²) in [6.45, 7) is 0.636. The van der Waals surface area contributed by atoms with Gasteiger partial charge in [0, 0.05) is 18.6 Å². The van der Waals surface area contributed by atoms with Crippen molar-refractivity contribution in [2.24, 2.45) is 0 Å². The molecule has 0 spiro atoms. The van der Waals surface area contributed by atoms with Crippen molar-refractivity contribution in [1.29, 1.82) is 0 Å². The van der Waals surface area contributed by atoms with Crippen LogP contribution in [0.3, 0.4) is 0 Å². The van der Waals surface area contributed by atoms with E-state index in [1.54, 1.807) is 6.20 Å². The average molecular weight is 122 g/mol. The van der Waals surface area contributed by atoms with Crippen molar-refractivity contribution in [2.45, 2.75) is 0 Å². The fraction of sp³-hybridized carbons (Fsp3) is 0.167. The van der Waals surface area contributed by atoms with Crippen LogP contribution >= 0.6 is 0 Å². The fourth-order valence-electron chi connectivity index (χ4n) is 0.804. The van der Waals surface area contributed by atoms with Crippen molar-refractivity contribution >= 4 is 6.20 Å². The Kier molecular flexibility index (Phi) is 0.828. The van der Waals surface area contributed by atoms with Crippen molar-refractivity contribution in [3.8, 4) is 6.01 Å². The van der Waals surface area contributed by atoms with E-state index in [1.165, 1.54) is 0 Å². The summed E-state index contributed by atoms with van der Waals surface area (Å²) in [4.78, 5) is 3.95. The van der Waals surface area contributed by atoms with Crippen LogP contribution in [0.2, 0.25) is 0 Å². The zero-order valence-corrected chi connectivity index (χ0v) is 4.82. The minimum absolute atomic E-state index is 0.636. The lowest BCUT2D eigenvalue weighted by Gasteiger charge is -2.06. The van der Waals surface area contributed by atoms with Crippen LogP contribution in [0.15, 0.2) is 18.5 Å². The number of imidazole rings is 1. The first-order chi connectivity index (χ1) is 4.47. The Morgan fingerprint density at radius 1 is 1.67 bits per heavy atom. The molecule has 0 fully saturated rings. The van der Waals surface area contributed by atoms with Crippen LogP contribution in [-0.4, -0.2) is 16.2 Å². The lowest BCUT2D eigenvalue weighted by atomic mass is 10.6. The predicted molar refractivity (Wildman–Crippen MR) is 33.1 cm³/mol. The minimum atomic E-state index is 0.636. The van der Waals surface area contributed by atoms with Crippen LogP contribution in [0.4, 0.5) is 0 Å². The lowest BCUT2D eigenvalue weighted by Crippen LogP contribution is -2.03. The van der Waals surface area contributed by atoms with Crippen LogP contribution in [0.25, 0.3) is 6.20 Å². The van der Waals surface area contributed by atoms with Gasteiger partial charge in [-0.05, 0) is 6.08 Å². The molecule has 1 aromatic rings. The van der Waals surface area contributed by atoms with Gasteiger partial charge >= 0.3 is 6.01 Å². The van der Waals surface area contributed by atoms with E-state index >= 15 is 0 Å². The second-order valence-corrected chi connectivity index (χ2v) is 1.81. The van der Waals surface area contributed by atoms with Gasteiger partial charge in [0.15, 0.2) is 0 Å². The first kappa shape index (κ1) is 4.61. The molecule has 3 nitrogen and oxygen atoms in total. The molecule has 1 aromatic heterocycles. The zero-order valence-electron chi connectivity index (χ0n) is 4.82. The largest absolute Gasteiger partial charge is 0.460 e. The number of aromatic nitrogens is 2. The number of hydrogen-bond acceptors (Lipinski definition) is 2. The van der Waals surface area contributed by atoms with E-state index in [4.69, 9.17) is 4.74 Å². The maximum atomic E-state index is 5.13. The standard InChI is InChI=1S/C6H6N2O/c1-3-8-4-2-7-6(8)9-5-1/h1-4H,5H2. The third-order valence-electron chi connectivity index (χ3n) is 1.21. The quantitative estimate of drug-likeness (QED) is 0.507. The molecule has 2 heterocycles. The van der Waals surface area contributed by atoms with Gasteiger partial charge < -0.3 is 4.74 Å². The Labute approximate surface area is 52.6 Å². The van der Waals surface area contributed by atoms with Gasteiger partial charge in [0.05, 0.1) is 0 Å². The van der Waals surface area contributed by atoms with Gasteiger partial charge in [-0.15, -0.1) is 0 Å². The van der Waals surface area contributed by atoms with E-state index < -0.39 is 0 Å². The Balaban J connectivity index is 2.53. The molecule has 0 atom stereocenters. The zero-order chi connectivity index (χ0) is 6.10. The van der Waals surface area contributed by atoms with Gasteiger partial charge in [0.1, 0.15) is 6.61 Å². The van der Waals surface area contributed by atoms with E-state index in [9.17, 15) is 0 Å². The molecule has 0 N–H and O–H groups in total. The fourth-order valence-corrected chi connectivity index (χ4v) is 0.804. The number of nitrogens with zero attached hydrogens (tertiary/aromatic N) is 2. The molecule has 0 aromatic carbocycles. The average Bonchev–Trinajstić information content (AvgIpc) is 2.33. The van der Waals surface area contributed by atoms with E-state index in [0.717, 1.165) is 0 Å². The Morgan fingerprint density at radius 2 is 2.67 bits per heavy atom. The number of fused-ring (bicyclic) bond motifs is 1. The highest BCUT2D eigenvalue weighted by Crippen LogP contribution is 2.10. The molecule has 2 rings (SSSR count). The van der Waals surface area contributed by atoms with Crippen molar-refractivity contribution in [2.75, 3.05) is 6.61 Å². The van der Waals surface area contributed by atoms with Crippen molar-refractivity contribution < 1.29 is 4.74 Å². The molecule has 0 saturated carbocycles. The summed E-state index contributed by atoms with van der Waals surface area (Å²) in [7, 11) is 0. The first-order valence-electron chi connectivity index (χ1n) is 2.79. The minimum Gasteiger partial charge on any atom is -0.460 e. The molecule has 0 radical (unpaired) electrons. The van der Waals surface area contributed by atoms with Crippen molar-refractivity contribution in [1.82, 2.24) is 9.55 Å². The summed E-state index contributed by atoms with van der Waals surface area (Å²) < 4.78 is 6.97. The molecule has 0 aliphatic carbocycles. The van der Waals surface area contributed by atoms with E-state index in [0.29, 0.717) is 12.6 Å². The highest BCUT2D eigenvalue weighted by atomic mass is 16.5. The first-order valence-corrected chi connectivity index (χ1v) is 2.79. The van der Waals surface area contributed by atoms with Crippen LogP contribution < -0.4 is 4.74 Å². The molecular weight excluding hydrogens is 116 g/mol. The molecule has 0 saturated heterocycles. The molecule has 3 heteroatoms. The molecule has 0 bridgehead atoms. The molecule has 1 aliphatic heterocycles. The van der Waals surface area contributed by atoms with Crippen LogP contribution in [0, 0.1) is 0 Å². The Hall–Kier alpha value is -1.25. The van der Waals surface area contributed by atoms with Crippen molar-refractivity contribution in [3.05, 3.63) is 18.5 Å². The van der Waals surface area contributed by atoms with Crippen LogP contribution in [0.5, 0.6) is 6.01 Å². The van der Waals surface area contributed by atoms with Gasteiger partial charge in [0.25, 0.3) is 0 Å². The highest BCUT2D eigenvalue weighted by molar-refractivity contribution is 5.29. The second-order valence-electron chi connectivity index (χ2n) is 1.81. The second kappa shape index (κ2) is 1.62. The summed E-state index contributed by atoms with van der Waals surface area (Å²) >= 11 is 0. The summed E-state index contributed by atoms with van der Waals surface area (Å²) in [5, 5.41) is 0. The Morgan fingerprint density at radius 3 is 3.56 bits per heavy atom. The summed E-state index contributed by atoms with van der Waals surface area (Å²) in [6.07, 6.45) is 7.44. The van der Waals surface area contributed by atoms with Gasteiger partial charge in [-0.3, -0.25) is 4.57 Å². The van der Waals surface area contributed by atoms with Gasteiger partial charge in [-0.1, -0.05) is 0 Å². The van der Waals surface area contributed by atoms with Gasteiger partial charge in [-0.2, -0.15) is 0 Å². The maximum absolute atomic E-state index is 5.13. The van der Waals surface area contributed by atoms with Crippen molar-refractivity contribution in [3.63, 3.8) is 0 Å².